The molecule has 26 heavy (non-hydrogen) atoms. The van der Waals surface area contributed by atoms with Gasteiger partial charge in [-0.3, -0.25) is 4.79 Å². The van der Waals surface area contributed by atoms with E-state index in [1.54, 1.807) is 0 Å². The molecule has 1 N–H and O–H groups in total. The number of carbonyl (C=O) groups excluding carboxylic acids is 1. The van der Waals surface area contributed by atoms with Crippen molar-refractivity contribution in [2.24, 2.45) is 5.92 Å². The van der Waals surface area contributed by atoms with Crippen LogP contribution >= 0.6 is 11.6 Å². The number of aromatic nitrogens is 1. The van der Waals surface area contributed by atoms with Gasteiger partial charge in [0.05, 0.1) is 5.69 Å². The van der Waals surface area contributed by atoms with Gasteiger partial charge >= 0.3 is 0 Å². The molecule has 3 aromatic rings. The molecule has 1 aromatic heterocycles. The SMILES string of the molecule is O=C(Nc1cc(Cl)ccc1F)C1CCN(c2nc3ccccc3o2)CC1. The average Bonchev–Trinajstić information content (AvgIpc) is 3.09. The summed E-state index contributed by atoms with van der Waals surface area (Å²) >= 11 is 5.86. The molecular formula is C19H17ClFN3O2. The summed E-state index contributed by atoms with van der Waals surface area (Å²) in [6.07, 6.45) is 1.29. The van der Waals surface area contributed by atoms with Crippen molar-refractivity contribution in [3.05, 3.63) is 53.3 Å². The van der Waals surface area contributed by atoms with Crippen molar-refractivity contribution in [3.63, 3.8) is 0 Å². The molecule has 134 valence electrons. The fourth-order valence-electron chi connectivity index (χ4n) is 3.16. The van der Waals surface area contributed by atoms with Crippen LogP contribution in [0.4, 0.5) is 16.1 Å². The Bertz CT molecular complexity index is 918. The quantitative estimate of drug-likeness (QED) is 0.735. The average molecular weight is 374 g/mol. The van der Waals surface area contributed by atoms with Crippen molar-refractivity contribution in [2.45, 2.75) is 12.8 Å². The fourth-order valence-corrected chi connectivity index (χ4v) is 3.33. The minimum absolute atomic E-state index is 0.115. The first-order chi connectivity index (χ1) is 12.6. The molecule has 1 aliphatic heterocycles. The van der Waals surface area contributed by atoms with Crippen LogP contribution < -0.4 is 10.2 Å². The molecule has 1 amide bonds. The number of benzene rings is 2. The van der Waals surface area contributed by atoms with E-state index >= 15 is 0 Å². The van der Waals surface area contributed by atoms with Crippen LogP contribution in [0.3, 0.4) is 0 Å². The van der Waals surface area contributed by atoms with Gasteiger partial charge in [0.2, 0.25) is 5.91 Å². The number of halogens is 2. The molecule has 5 nitrogen and oxygen atoms in total. The summed E-state index contributed by atoms with van der Waals surface area (Å²) in [6, 6.07) is 12.3. The Morgan fingerprint density at radius 2 is 2.00 bits per heavy atom. The Morgan fingerprint density at radius 3 is 2.77 bits per heavy atom. The lowest BCUT2D eigenvalue weighted by Gasteiger charge is -2.30. The summed E-state index contributed by atoms with van der Waals surface area (Å²) in [4.78, 5) is 19.0. The van der Waals surface area contributed by atoms with Gasteiger partial charge in [-0.2, -0.15) is 4.98 Å². The van der Waals surface area contributed by atoms with Crippen LogP contribution in [0.15, 0.2) is 46.9 Å². The number of nitrogens with zero attached hydrogens (tertiary/aromatic N) is 2. The summed E-state index contributed by atoms with van der Waals surface area (Å²) in [5.74, 6) is -0.871. The second-order valence-electron chi connectivity index (χ2n) is 6.34. The van der Waals surface area contributed by atoms with Gasteiger partial charge in [0.1, 0.15) is 11.3 Å². The summed E-state index contributed by atoms with van der Waals surface area (Å²) in [5, 5.41) is 3.02. The van der Waals surface area contributed by atoms with Crippen LogP contribution in [0.25, 0.3) is 11.1 Å². The number of piperidine rings is 1. The molecule has 0 spiro atoms. The van der Waals surface area contributed by atoms with Crippen molar-refractivity contribution >= 4 is 40.3 Å². The Hall–Kier alpha value is -2.60. The van der Waals surface area contributed by atoms with Gasteiger partial charge in [0, 0.05) is 24.0 Å². The Balaban J connectivity index is 1.39. The molecule has 0 aliphatic carbocycles. The second kappa shape index (κ2) is 6.96. The lowest BCUT2D eigenvalue weighted by atomic mass is 9.96. The third-order valence-electron chi connectivity index (χ3n) is 4.61. The topological polar surface area (TPSA) is 58.4 Å². The molecule has 2 aromatic carbocycles. The lowest BCUT2D eigenvalue weighted by Crippen LogP contribution is -2.38. The smallest absolute Gasteiger partial charge is 0.298 e. The fraction of sp³-hybridized carbons (Fsp3) is 0.263. The van der Waals surface area contributed by atoms with E-state index in [9.17, 15) is 9.18 Å². The molecule has 1 saturated heterocycles. The number of amides is 1. The van der Waals surface area contributed by atoms with E-state index in [2.05, 4.69) is 10.3 Å². The zero-order valence-electron chi connectivity index (χ0n) is 13.9. The molecule has 0 unspecified atom stereocenters. The predicted molar refractivity (Wildman–Crippen MR) is 99.0 cm³/mol. The number of nitrogens with one attached hydrogen (secondary N) is 1. The van der Waals surface area contributed by atoms with Crippen molar-refractivity contribution < 1.29 is 13.6 Å². The molecule has 1 fully saturated rings. The highest BCUT2D eigenvalue weighted by Crippen LogP contribution is 2.27. The maximum Gasteiger partial charge on any atom is 0.298 e. The highest BCUT2D eigenvalue weighted by atomic mass is 35.5. The molecule has 0 bridgehead atoms. The molecule has 0 saturated carbocycles. The van der Waals surface area contributed by atoms with Gasteiger partial charge in [-0.05, 0) is 43.2 Å². The molecule has 2 heterocycles. The maximum absolute atomic E-state index is 13.8. The van der Waals surface area contributed by atoms with E-state index in [0.29, 0.717) is 37.0 Å². The predicted octanol–water partition coefficient (Wildman–Crippen LogP) is 4.48. The standard InChI is InChI=1S/C19H17ClFN3O2/c20-13-5-6-14(21)16(11-13)22-18(25)12-7-9-24(10-8-12)19-23-15-3-1-2-4-17(15)26-19/h1-6,11-12H,7-10H2,(H,22,25). The zero-order valence-corrected chi connectivity index (χ0v) is 14.7. The summed E-state index contributed by atoms with van der Waals surface area (Å²) < 4.78 is 19.6. The number of carbonyl (C=O) groups is 1. The molecule has 1 aliphatic rings. The van der Waals surface area contributed by atoms with Gasteiger partial charge in [-0.15, -0.1) is 0 Å². The number of hydrogen-bond donors (Lipinski definition) is 1. The van der Waals surface area contributed by atoms with Gasteiger partial charge in [-0.1, -0.05) is 23.7 Å². The third-order valence-corrected chi connectivity index (χ3v) is 4.84. The van der Waals surface area contributed by atoms with Crippen LogP contribution in [0.5, 0.6) is 0 Å². The Morgan fingerprint density at radius 1 is 1.23 bits per heavy atom. The van der Waals surface area contributed by atoms with E-state index in [1.165, 1.54) is 18.2 Å². The number of para-hydroxylation sites is 2. The molecule has 0 radical (unpaired) electrons. The monoisotopic (exact) mass is 373 g/mol. The van der Waals surface area contributed by atoms with E-state index in [1.807, 2.05) is 29.2 Å². The number of fused-ring (bicyclic) bond motifs is 1. The lowest BCUT2D eigenvalue weighted by molar-refractivity contribution is -0.120. The van der Waals surface area contributed by atoms with Gasteiger partial charge in [0.25, 0.3) is 6.01 Å². The summed E-state index contributed by atoms with van der Waals surface area (Å²) in [5.41, 5.74) is 1.68. The van der Waals surface area contributed by atoms with E-state index in [-0.39, 0.29) is 17.5 Å². The van der Waals surface area contributed by atoms with Gasteiger partial charge < -0.3 is 14.6 Å². The van der Waals surface area contributed by atoms with E-state index < -0.39 is 5.82 Å². The first kappa shape index (κ1) is 16.8. The highest BCUT2D eigenvalue weighted by Gasteiger charge is 2.27. The van der Waals surface area contributed by atoms with Crippen molar-refractivity contribution in [1.29, 1.82) is 0 Å². The van der Waals surface area contributed by atoms with Crippen molar-refractivity contribution in [2.75, 3.05) is 23.3 Å². The normalized spacial score (nSPS) is 15.4. The van der Waals surface area contributed by atoms with Crippen LogP contribution in [-0.4, -0.2) is 24.0 Å². The molecule has 0 atom stereocenters. The van der Waals surface area contributed by atoms with Gasteiger partial charge in [0.15, 0.2) is 5.58 Å². The van der Waals surface area contributed by atoms with E-state index in [0.717, 1.165) is 11.1 Å². The number of rotatable bonds is 3. The molecular weight excluding hydrogens is 357 g/mol. The second-order valence-corrected chi connectivity index (χ2v) is 6.78. The Kier molecular flexibility index (Phi) is 4.51. The van der Waals surface area contributed by atoms with Gasteiger partial charge in [-0.25, -0.2) is 4.39 Å². The number of anilines is 2. The van der Waals surface area contributed by atoms with Crippen LogP contribution in [-0.2, 0) is 4.79 Å². The van der Waals surface area contributed by atoms with Crippen LogP contribution in [0, 0.1) is 11.7 Å². The first-order valence-corrected chi connectivity index (χ1v) is 8.84. The summed E-state index contributed by atoms with van der Waals surface area (Å²) in [6.45, 7) is 1.31. The number of hydrogen-bond acceptors (Lipinski definition) is 4. The van der Waals surface area contributed by atoms with Crippen LogP contribution in [0.2, 0.25) is 5.02 Å². The minimum atomic E-state index is -0.494. The first-order valence-electron chi connectivity index (χ1n) is 8.46. The zero-order chi connectivity index (χ0) is 18.1. The van der Waals surface area contributed by atoms with Crippen molar-refractivity contribution in [3.8, 4) is 0 Å². The molecule has 4 rings (SSSR count). The minimum Gasteiger partial charge on any atom is -0.423 e. The summed E-state index contributed by atoms with van der Waals surface area (Å²) in [7, 11) is 0. The van der Waals surface area contributed by atoms with E-state index in [4.69, 9.17) is 16.0 Å². The third kappa shape index (κ3) is 3.37. The largest absolute Gasteiger partial charge is 0.423 e. The molecule has 7 heteroatoms. The maximum atomic E-state index is 13.8. The van der Waals surface area contributed by atoms with Crippen molar-refractivity contribution in [1.82, 2.24) is 4.98 Å². The van der Waals surface area contributed by atoms with Crippen LogP contribution in [0.1, 0.15) is 12.8 Å². The number of oxazole rings is 1. The highest BCUT2D eigenvalue weighted by molar-refractivity contribution is 6.30. The Labute approximate surface area is 154 Å².